The fraction of sp³-hybridized carbons (Fsp3) is 0.286. The lowest BCUT2D eigenvalue weighted by molar-refractivity contribution is 0.946. The number of nitrogen functional groups attached to an aromatic ring is 1. The summed E-state index contributed by atoms with van der Waals surface area (Å²) < 4.78 is 0. The van der Waals surface area contributed by atoms with E-state index in [0.29, 0.717) is 11.6 Å². The highest BCUT2D eigenvalue weighted by molar-refractivity contribution is 7.99. The summed E-state index contributed by atoms with van der Waals surface area (Å²) in [6, 6.07) is 6.42. The summed E-state index contributed by atoms with van der Waals surface area (Å²) >= 11 is 1.65. The monoisotopic (exact) mass is 259 g/mol. The zero-order valence-electron chi connectivity index (χ0n) is 11.1. The molecule has 0 aliphatic rings. The normalized spacial score (nSPS) is 10.7. The number of benzene rings is 1. The van der Waals surface area contributed by atoms with Crippen molar-refractivity contribution in [3.8, 4) is 0 Å². The molecule has 94 valence electrons. The smallest absolute Gasteiger partial charge is 0.131 e. The Morgan fingerprint density at radius 2 is 1.78 bits per heavy atom. The summed E-state index contributed by atoms with van der Waals surface area (Å²) in [5.74, 6) is 1.28. The van der Waals surface area contributed by atoms with E-state index in [1.165, 1.54) is 16.0 Å². The fourth-order valence-electron chi connectivity index (χ4n) is 1.64. The third kappa shape index (κ3) is 2.64. The molecule has 1 aromatic heterocycles. The summed E-state index contributed by atoms with van der Waals surface area (Å²) in [6.07, 6.45) is 0. The van der Waals surface area contributed by atoms with Crippen molar-refractivity contribution < 1.29 is 0 Å². The highest BCUT2D eigenvalue weighted by Crippen LogP contribution is 2.32. The van der Waals surface area contributed by atoms with Crippen LogP contribution in [0, 0.1) is 27.7 Å². The highest BCUT2D eigenvalue weighted by Gasteiger charge is 2.10. The van der Waals surface area contributed by atoms with E-state index in [1.54, 1.807) is 11.8 Å². The van der Waals surface area contributed by atoms with Crippen molar-refractivity contribution in [2.45, 2.75) is 37.6 Å². The van der Waals surface area contributed by atoms with Crippen LogP contribution in [0.2, 0.25) is 0 Å². The van der Waals surface area contributed by atoms with E-state index in [4.69, 9.17) is 5.73 Å². The predicted molar refractivity (Wildman–Crippen MR) is 76.0 cm³/mol. The average molecular weight is 259 g/mol. The molecule has 18 heavy (non-hydrogen) atoms. The average Bonchev–Trinajstić information content (AvgIpc) is 2.30. The van der Waals surface area contributed by atoms with Gasteiger partial charge >= 0.3 is 0 Å². The van der Waals surface area contributed by atoms with Gasteiger partial charge in [0.1, 0.15) is 16.7 Å². The second-order valence-corrected chi connectivity index (χ2v) is 5.49. The Bertz CT molecular complexity index is 594. The Morgan fingerprint density at radius 3 is 2.50 bits per heavy atom. The lowest BCUT2D eigenvalue weighted by atomic mass is 10.2. The van der Waals surface area contributed by atoms with Gasteiger partial charge in [0.2, 0.25) is 0 Å². The van der Waals surface area contributed by atoms with E-state index in [0.717, 1.165) is 10.6 Å². The van der Waals surface area contributed by atoms with Crippen molar-refractivity contribution >= 4 is 17.6 Å². The van der Waals surface area contributed by atoms with E-state index in [1.807, 2.05) is 13.8 Å². The van der Waals surface area contributed by atoms with Gasteiger partial charge in [0.25, 0.3) is 0 Å². The zero-order chi connectivity index (χ0) is 13.3. The second kappa shape index (κ2) is 4.98. The van der Waals surface area contributed by atoms with Crippen LogP contribution in [-0.4, -0.2) is 9.97 Å². The summed E-state index contributed by atoms with van der Waals surface area (Å²) in [6.45, 7) is 8.02. The van der Waals surface area contributed by atoms with Gasteiger partial charge in [-0.3, -0.25) is 0 Å². The quantitative estimate of drug-likeness (QED) is 0.839. The van der Waals surface area contributed by atoms with Crippen molar-refractivity contribution in [2.24, 2.45) is 0 Å². The Balaban J connectivity index is 2.43. The summed E-state index contributed by atoms with van der Waals surface area (Å²) in [5.41, 5.74) is 9.33. The molecule has 1 aromatic carbocycles. The molecule has 0 atom stereocenters. The van der Waals surface area contributed by atoms with E-state index < -0.39 is 0 Å². The molecule has 2 rings (SSSR count). The Kier molecular flexibility index (Phi) is 3.57. The molecule has 2 N–H and O–H groups in total. The number of hydrogen-bond donors (Lipinski definition) is 1. The first-order valence-corrected chi connectivity index (χ1v) is 6.65. The van der Waals surface area contributed by atoms with Crippen LogP contribution in [0.1, 0.15) is 22.5 Å². The van der Waals surface area contributed by atoms with Crippen LogP contribution in [0.25, 0.3) is 0 Å². The van der Waals surface area contributed by atoms with Crippen molar-refractivity contribution in [1.29, 1.82) is 0 Å². The minimum Gasteiger partial charge on any atom is -0.383 e. The number of hydrogen-bond acceptors (Lipinski definition) is 4. The van der Waals surface area contributed by atoms with Crippen molar-refractivity contribution in [1.82, 2.24) is 9.97 Å². The fourth-order valence-corrected chi connectivity index (χ4v) is 2.76. The molecule has 4 heteroatoms. The number of rotatable bonds is 2. The molecule has 0 spiro atoms. The molecule has 1 heterocycles. The number of anilines is 1. The van der Waals surface area contributed by atoms with Gasteiger partial charge in [0.05, 0.1) is 0 Å². The van der Waals surface area contributed by atoms with E-state index in [-0.39, 0.29) is 0 Å². The molecule has 0 bridgehead atoms. The number of aromatic nitrogens is 2. The molecule has 0 unspecified atom stereocenters. The molecule has 0 fully saturated rings. The molecular weight excluding hydrogens is 242 g/mol. The molecule has 0 aliphatic carbocycles. The molecule has 0 aliphatic heterocycles. The third-order valence-electron chi connectivity index (χ3n) is 2.80. The van der Waals surface area contributed by atoms with Gasteiger partial charge in [-0.2, -0.15) is 0 Å². The zero-order valence-corrected chi connectivity index (χ0v) is 11.9. The lowest BCUT2D eigenvalue weighted by Gasteiger charge is -2.10. The first-order valence-electron chi connectivity index (χ1n) is 5.83. The predicted octanol–water partition coefficient (Wildman–Crippen LogP) is 3.44. The van der Waals surface area contributed by atoms with Crippen LogP contribution in [-0.2, 0) is 0 Å². The number of nitrogens with two attached hydrogens (primary N) is 1. The number of nitrogens with zero attached hydrogens (tertiary/aromatic N) is 2. The summed E-state index contributed by atoms with van der Waals surface area (Å²) in [5, 5.41) is 0.939. The van der Waals surface area contributed by atoms with Crippen LogP contribution in [0.5, 0.6) is 0 Å². The van der Waals surface area contributed by atoms with Crippen LogP contribution in [0.3, 0.4) is 0 Å². The molecule has 3 nitrogen and oxygen atoms in total. The van der Waals surface area contributed by atoms with Crippen molar-refractivity contribution in [2.75, 3.05) is 5.73 Å². The molecule has 0 radical (unpaired) electrons. The maximum Gasteiger partial charge on any atom is 0.131 e. The Morgan fingerprint density at radius 1 is 1.06 bits per heavy atom. The Labute approximate surface area is 112 Å². The second-order valence-electron chi connectivity index (χ2n) is 4.46. The standard InChI is InChI=1S/C14H17N3S/c1-8-5-6-9(2)12(7-8)18-14-10(3)13(15)16-11(4)17-14/h5-7H,1-4H3,(H2,15,16,17). The maximum atomic E-state index is 5.88. The molecular formula is C14H17N3S. The van der Waals surface area contributed by atoms with Gasteiger partial charge in [0, 0.05) is 10.5 Å². The summed E-state index contributed by atoms with van der Waals surface area (Å²) in [4.78, 5) is 9.86. The van der Waals surface area contributed by atoms with Crippen molar-refractivity contribution in [3.05, 3.63) is 40.7 Å². The van der Waals surface area contributed by atoms with Crippen molar-refractivity contribution in [3.63, 3.8) is 0 Å². The van der Waals surface area contributed by atoms with Gasteiger partial charge in [-0.05, 0) is 44.9 Å². The van der Waals surface area contributed by atoms with Crippen LogP contribution >= 0.6 is 11.8 Å². The summed E-state index contributed by atoms with van der Waals surface area (Å²) in [7, 11) is 0. The lowest BCUT2D eigenvalue weighted by Crippen LogP contribution is -2.01. The topological polar surface area (TPSA) is 51.8 Å². The third-order valence-corrected chi connectivity index (χ3v) is 4.05. The van der Waals surface area contributed by atoms with Crippen LogP contribution in [0.15, 0.2) is 28.1 Å². The largest absolute Gasteiger partial charge is 0.383 e. The molecule has 2 aromatic rings. The van der Waals surface area contributed by atoms with Gasteiger partial charge in [0.15, 0.2) is 0 Å². The first-order chi connectivity index (χ1) is 8.47. The maximum absolute atomic E-state index is 5.88. The van der Waals surface area contributed by atoms with Gasteiger partial charge in [-0.1, -0.05) is 23.9 Å². The first kappa shape index (κ1) is 12.9. The molecule has 0 saturated heterocycles. The SMILES string of the molecule is Cc1ccc(C)c(Sc2nc(C)nc(N)c2C)c1. The van der Waals surface area contributed by atoms with E-state index in [9.17, 15) is 0 Å². The molecule has 0 amide bonds. The molecule has 0 saturated carbocycles. The minimum atomic E-state index is 0.565. The highest BCUT2D eigenvalue weighted by atomic mass is 32.2. The van der Waals surface area contributed by atoms with Crippen LogP contribution < -0.4 is 5.73 Å². The van der Waals surface area contributed by atoms with Crippen LogP contribution in [0.4, 0.5) is 5.82 Å². The number of aryl methyl sites for hydroxylation is 3. The Hall–Kier alpha value is -1.55. The minimum absolute atomic E-state index is 0.565. The van der Waals surface area contributed by atoms with E-state index >= 15 is 0 Å². The van der Waals surface area contributed by atoms with Gasteiger partial charge in [-0.25, -0.2) is 9.97 Å². The van der Waals surface area contributed by atoms with Gasteiger partial charge < -0.3 is 5.73 Å². The van der Waals surface area contributed by atoms with E-state index in [2.05, 4.69) is 42.0 Å². The van der Waals surface area contributed by atoms with Gasteiger partial charge in [-0.15, -0.1) is 0 Å².